The van der Waals surface area contributed by atoms with E-state index in [1.54, 1.807) is 0 Å². The predicted molar refractivity (Wildman–Crippen MR) is 67.1 cm³/mol. The third-order valence-electron chi connectivity index (χ3n) is 2.32. The summed E-state index contributed by atoms with van der Waals surface area (Å²) in [6.45, 7) is 0. The molecule has 0 saturated heterocycles. The molecule has 0 bridgehead atoms. The molecule has 1 N–H and O–H groups in total. The standard InChI is InChI=1S/C12H8F5N3S/c1-18-9-5-10(20-11(19-9)12(15,16)17)21-8-3-2-6(13)4-7(8)14/h2-5H,1H3,(H,18,19,20). The largest absolute Gasteiger partial charge is 0.451 e. The Balaban J connectivity index is 2.39. The van der Waals surface area contributed by atoms with Gasteiger partial charge in [0.05, 0.1) is 0 Å². The molecule has 112 valence electrons. The van der Waals surface area contributed by atoms with Gasteiger partial charge in [-0.1, -0.05) is 11.8 Å². The number of hydrogen-bond acceptors (Lipinski definition) is 4. The van der Waals surface area contributed by atoms with Crippen LogP contribution in [-0.4, -0.2) is 17.0 Å². The van der Waals surface area contributed by atoms with E-state index in [-0.39, 0.29) is 15.7 Å². The first-order valence-electron chi connectivity index (χ1n) is 5.56. The van der Waals surface area contributed by atoms with Gasteiger partial charge in [0.2, 0.25) is 5.82 Å². The highest BCUT2D eigenvalue weighted by Gasteiger charge is 2.35. The highest BCUT2D eigenvalue weighted by Crippen LogP contribution is 2.33. The fourth-order valence-corrected chi connectivity index (χ4v) is 2.22. The molecule has 9 heteroatoms. The summed E-state index contributed by atoms with van der Waals surface area (Å²) in [7, 11) is 1.40. The van der Waals surface area contributed by atoms with Crippen molar-refractivity contribution in [3.63, 3.8) is 0 Å². The van der Waals surface area contributed by atoms with E-state index in [9.17, 15) is 22.0 Å². The number of aromatic nitrogens is 2. The second-order valence-corrected chi connectivity index (χ2v) is 4.90. The quantitative estimate of drug-likeness (QED) is 0.686. The molecule has 1 aromatic heterocycles. The van der Waals surface area contributed by atoms with Crippen LogP contribution in [0.1, 0.15) is 5.82 Å². The highest BCUT2D eigenvalue weighted by molar-refractivity contribution is 7.99. The van der Waals surface area contributed by atoms with Gasteiger partial charge in [0.15, 0.2) is 0 Å². The van der Waals surface area contributed by atoms with Crippen molar-refractivity contribution in [3.8, 4) is 0 Å². The van der Waals surface area contributed by atoms with Gasteiger partial charge in [-0.3, -0.25) is 0 Å². The van der Waals surface area contributed by atoms with E-state index < -0.39 is 23.6 Å². The molecule has 0 radical (unpaired) electrons. The van der Waals surface area contributed by atoms with Gasteiger partial charge in [-0.05, 0) is 12.1 Å². The van der Waals surface area contributed by atoms with Gasteiger partial charge in [0.1, 0.15) is 22.5 Å². The number of benzene rings is 1. The third kappa shape index (κ3) is 3.81. The number of nitrogens with one attached hydrogen (secondary N) is 1. The Morgan fingerprint density at radius 1 is 1.10 bits per heavy atom. The van der Waals surface area contributed by atoms with Crippen molar-refractivity contribution in [2.45, 2.75) is 16.1 Å². The Labute approximate surface area is 120 Å². The normalized spacial score (nSPS) is 11.5. The lowest BCUT2D eigenvalue weighted by Gasteiger charge is -2.10. The number of nitrogens with zero attached hydrogens (tertiary/aromatic N) is 2. The van der Waals surface area contributed by atoms with Crippen LogP contribution in [0.25, 0.3) is 0 Å². The minimum absolute atomic E-state index is 0.0368. The maximum Gasteiger partial charge on any atom is 0.451 e. The Morgan fingerprint density at radius 3 is 2.38 bits per heavy atom. The van der Waals surface area contributed by atoms with Crippen LogP contribution in [-0.2, 0) is 6.18 Å². The highest BCUT2D eigenvalue weighted by atomic mass is 32.2. The van der Waals surface area contributed by atoms with Crippen LogP contribution in [0.5, 0.6) is 0 Å². The van der Waals surface area contributed by atoms with E-state index in [2.05, 4.69) is 15.3 Å². The summed E-state index contributed by atoms with van der Waals surface area (Å²) in [4.78, 5) is 6.59. The summed E-state index contributed by atoms with van der Waals surface area (Å²) < 4.78 is 64.3. The summed E-state index contributed by atoms with van der Waals surface area (Å²) in [5.74, 6) is -3.04. The van der Waals surface area contributed by atoms with Crippen molar-refractivity contribution in [3.05, 3.63) is 41.7 Å². The third-order valence-corrected chi connectivity index (χ3v) is 3.29. The van der Waals surface area contributed by atoms with Crippen LogP contribution in [0.4, 0.5) is 27.8 Å². The van der Waals surface area contributed by atoms with Crippen molar-refractivity contribution in [1.29, 1.82) is 0 Å². The molecular formula is C12H8F5N3S. The Bertz CT molecular complexity index is 660. The molecule has 0 spiro atoms. The maximum atomic E-state index is 13.5. The molecule has 21 heavy (non-hydrogen) atoms. The van der Waals surface area contributed by atoms with Crippen LogP contribution >= 0.6 is 11.8 Å². The van der Waals surface area contributed by atoms with Crippen molar-refractivity contribution in [1.82, 2.24) is 9.97 Å². The zero-order chi connectivity index (χ0) is 15.6. The van der Waals surface area contributed by atoms with Gasteiger partial charge in [-0.2, -0.15) is 13.2 Å². The zero-order valence-electron chi connectivity index (χ0n) is 10.5. The molecule has 0 amide bonds. The SMILES string of the molecule is CNc1cc(Sc2ccc(F)cc2F)nc(C(F)(F)F)n1. The molecule has 0 fully saturated rings. The number of halogens is 5. The molecule has 0 unspecified atom stereocenters. The van der Waals surface area contributed by atoms with E-state index in [4.69, 9.17) is 0 Å². The lowest BCUT2D eigenvalue weighted by atomic mass is 10.3. The molecule has 1 heterocycles. The van der Waals surface area contributed by atoms with Crippen molar-refractivity contribution in [2.75, 3.05) is 12.4 Å². The van der Waals surface area contributed by atoms with E-state index in [1.165, 1.54) is 13.1 Å². The first kappa shape index (κ1) is 15.5. The van der Waals surface area contributed by atoms with Gasteiger partial charge in [0, 0.05) is 24.1 Å². The van der Waals surface area contributed by atoms with Gasteiger partial charge >= 0.3 is 6.18 Å². The smallest absolute Gasteiger partial charge is 0.373 e. The Kier molecular flexibility index (Phi) is 4.31. The second kappa shape index (κ2) is 5.84. The fourth-order valence-electron chi connectivity index (χ4n) is 1.40. The topological polar surface area (TPSA) is 37.8 Å². The van der Waals surface area contributed by atoms with Crippen molar-refractivity contribution in [2.24, 2.45) is 0 Å². The molecule has 0 saturated carbocycles. The predicted octanol–water partition coefficient (Wildman–Crippen LogP) is 3.97. The van der Waals surface area contributed by atoms with E-state index in [0.717, 1.165) is 12.1 Å². The minimum atomic E-state index is -4.72. The average molecular weight is 321 g/mol. The van der Waals surface area contributed by atoms with Gasteiger partial charge < -0.3 is 5.32 Å². The molecule has 0 aliphatic rings. The number of alkyl halides is 3. The van der Waals surface area contributed by atoms with Gasteiger partial charge in [-0.25, -0.2) is 18.7 Å². The first-order valence-corrected chi connectivity index (χ1v) is 6.38. The van der Waals surface area contributed by atoms with Gasteiger partial charge in [-0.15, -0.1) is 0 Å². The summed E-state index contributed by atoms with van der Waals surface area (Å²) >= 11 is 0.650. The molecule has 2 rings (SSSR count). The van der Waals surface area contributed by atoms with E-state index in [1.807, 2.05) is 0 Å². The van der Waals surface area contributed by atoms with Gasteiger partial charge in [0.25, 0.3) is 0 Å². The molecular weight excluding hydrogens is 313 g/mol. The fraction of sp³-hybridized carbons (Fsp3) is 0.167. The summed E-state index contributed by atoms with van der Waals surface area (Å²) in [5.41, 5.74) is 0. The van der Waals surface area contributed by atoms with Crippen LogP contribution in [0.2, 0.25) is 0 Å². The van der Waals surface area contributed by atoms with Crippen LogP contribution < -0.4 is 5.32 Å². The Hall–Kier alpha value is -1.90. The number of anilines is 1. The molecule has 0 aliphatic carbocycles. The Morgan fingerprint density at radius 2 is 1.81 bits per heavy atom. The lowest BCUT2D eigenvalue weighted by Crippen LogP contribution is -2.12. The number of rotatable bonds is 3. The first-order chi connectivity index (χ1) is 9.79. The molecule has 0 aliphatic heterocycles. The van der Waals surface area contributed by atoms with Crippen molar-refractivity contribution >= 4 is 17.6 Å². The molecule has 1 aromatic carbocycles. The second-order valence-electron chi connectivity index (χ2n) is 3.84. The monoisotopic (exact) mass is 321 g/mol. The maximum absolute atomic E-state index is 13.5. The van der Waals surface area contributed by atoms with E-state index in [0.29, 0.717) is 17.8 Å². The van der Waals surface area contributed by atoms with Crippen LogP contribution in [0.3, 0.4) is 0 Å². The minimum Gasteiger partial charge on any atom is -0.373 e. The zero-order valence-corrected chi connectivity index (χ0v) is 11.3. The molecule has 3 nitrogen and oxygen atoms in total. The average Bonchev–Trinajstić information content (AvgIpc) is 2.40. The molecule has 2 aromatic rings. The summed E-state index contributed by atoms with van der Waals surface area (Å²) in [6, 6.07) is 4.02. The van der Waals surface area contributed by atoms with E-state index >= 15 is 0 Å². The molecule has 0 atom stereocenters. The summed E-state index contributed by atoms with van der Waals surface area (Å²) in [6.07, 6.45) is -4.72. The lowest BCUT2D eigenvalue weighted by molar-refractivity contribution is -0.145. The van der Waals surface area contributed by atoms with Crippen LogP contribution in [0, 0.1) is 11.6 Å². The van der Waals surface area contributed by atoms with Crippen LogP contribution in [0.15, 0.2) is 34.2 Å². The number of hydrogen-bond donors (Lipinski definition) is 1. The summed E-state index contributed by atoms with van der Waals surface area (Å²) in [5, 5.41) is 2.37. The van der Waals surface area contributed by atoms with Crippen molar-refractivity contribution < 1.29 is 22.0 Å².